The zero-order chi connectivity index (χ0) is 18.5. The fourth-order valence-electron chi connectivity index (χ4n) is 4.15. The number of likely N-dealkylation sites (tertiary alicyclic amines) is 1. The second-order valence-electron chi connectivity index (χ2n) is 7.39. The second-order valence-corrected chi connectivity index (χ2v) is 7.39. The van der Waals surface area contributed by atoms with E-state index >= 15 is 0 Å². The Balaban J connectivity index is 1.43. The van der Waals surface area contributed by atoms with Crippen LogP contribution in [0, 0.1) is 0 Å². The van der Waals surface area contributed by atoms with E-state index in [0.717, 1.165) is 36.9 Å². The molecule has 1 unspecified atom stereocenters. The van der Waals surface area contributed by atoms with Crippen molar-refractivity contribution in [3.63, 3.8) is 0 Å². The van der Waals surface area contributed by atoms with Gasteiger partial charge in [0.2, 0.25) is 5.91 Å². The minimum absolute atomic E-state index is 0.0924. The molecule has 0 N–H and O–H groups in total. The van der Waals surface area contributed by atoms with Gasteiger partial charge in [0.1, 0.15) is 0 Å². The van der Waals surface area contributed by atoms with Gasteiger partial charge in [-0.1, -0.05) is 30.3 Å². The van der Waals surface area contributed by atoms with Crippen LogP contribution in [0.25, 0.3) is 0 Å². The van der Waals surface area contributed by atoms with Gasteiger partial charge in [-0.05, 0) is 42.5 Å². The van der Waals surface area contributed by atoms with Gasteiger partial charge in [-0.25, -0.2) is 0 Å². The number of carbonyl (C=O) groups excluding carboxylic acids is 1. The number of hydrogen-bond donors (Lipinski definition) is 0. The van der Waals surface area contributed by atoms with Crippen molar-refractivity contribution in [3.05, 3.63) is 66.0 Å². The molecule has 2 fully saturated rings. The van der Waals surface area contributed by atoms with Crippen LogP contribution in [0.4, 0.5) is 0 Å². The summed E-state index contributed by atoms with van der Waals surface area (Å²) in [5.74, 6) is 0.229. The molecular weight excluding hydrogens is 340 g/mol. The zero-order valence-corrected chi connectivity index (χ0v) is 15.5. The van der Waals surface area contributed by atoms with Crippen molar-refractivity contribution in [2.45, 2.75) is 37.4 Å². The molecule has 0 aliphatic carbocycles. The van der Waals surface area contributed by atoms with E-state index in [1.54, 1.807) is 12.4 Å². The summed E-state index contributed by atoms with van der Waals surface area (Å²) in [5, 5.41) is 0. The quantitative estimate of drug-likeness (QED) is 0.816. The van der Waals surface area contributed by atoms with Crippen molar-refractivity contribution in [3.8, 4) is 0 Å². The zero-order valence-electron chi connectivity index (χ0n) is 15.5. The average Bonchev–Trinajstić information content (AvgIpc) is 3.22. The summed E-state index contributed by atoms with van der Waals surface area (Å²) < 4.78 is 11.6. The van der Waals surface area contributed by atoms with Crippen molar-refractivity contribution in [2.24, 2.45) is 0 Å². The molecule has 0 bridgehead atoms. The van der Waals surface area contributed by atoms with Gasteiger partial charge in [-0.3, -0.25) is 9.78 Å². The molecule has 142 valence electrons. The molecule has 3 heterocycles. The number of carbonyl (C=O) groups is 1. The lowest BCUT2D eigenvalue weighted by Gasteiger charge is -2.39. The van der Waals surface area contributed by atoms with E-state index in [9.17, 15) is 4.79 Å². The Morgan fingerprint density at radius 3 is 2.63 bits per heavy atom. The summed E-state index contributed by atoms with van der Waals surface area (Å²) in [5.41, 5.74) is 1.76. The highest BCUT2D eigenvalue weighted by molar-refractivity contribution is 5.88. The third kappa shape index (κ3) is 3.89. The number of rotatable bonds is 5. The Labute approximate surface area is 160 Å². The number of aromatic nitrogens is 1. The molecule has 0 saturated carbocycles. The molecule has 2 aliphatic rings. The fourth-order valence-corrected chi connectivity index (χ4v) is 4.15. The molecule has 1 aromatic carbocycles. The normalized spacial score (nSPS) is 21.9. The van der Waals surface area contributed by atoms with Crippen LogP contribution in [0.1, 0.15) is 30.4 Å². The van der Waals surface area contributed by atoms with Crippen molar-refractivity contribution < 1.29 is 14.3 Å². The van der Waals surface area contributed by atoms with Gasteiger partial charge >= 0.3 is 0 Å². The topological polar surface area (TPSA) is 51.7 Å². The maximum atomic E-state index is 13.5. The van der Waals surface area contributed by atoms with E-state index in [1.165, 1.54) is 0 Å². The summed E-state index contributed by atoms with van der Waals surface area (Å²) in [6.45, 7) is 3.26. The first-order valence-electron chi connectivity index (χ1n) is 9.71. The van der Waals surface area contributed by atoms with Gasteiger partial charge in [0.05, 0.1) is 18.1 Å². The van der Waals surface area contributed by atoms with Gasteiger partial charge < -0.3 is 14.4 Å². The van der Waals surface area contributed by atoms with Crippen LogP contribution in [0.2, 0.25) is 0 Å². The van der Waals surface area contributed by atoms with E-state index in [1.807, 2.05) is 35.2 Å². The van der Waals surface area contributed by atoms with Crippen LogP contribution in [-0.2, 0) is 26.3 Å². The smallest absolute Gasteiger partial charge is 0.233 e. The third-order valence-corrected chi connectivity index (χ3v) is 5.75. The standard InChI is InChI=1S/C22H26N2O3/c25-21(22(9-14-26-15-10-22)19-4-2-1-3-5-19)24-13-8-20(16-24)27-17-18-6-11-23-12-7-18/h1-7,11-12,20H,8-10,13-17H2. The van der Waals surface area contributed by atoms with Gasteiger partial charge in [0, 0.05) is 38.7 Å². The van der Waals surface area contributed by atoms with E-state index in [0.29, 0.717) is 26.4 Å². The maximum Gasteiger partial charge on any atom is 0.233 e. The summed E-state index contributed by atoms with van der Waals surface area (Å²) >= 11 is 0. The summed E-state index contributed by atoms with van der Waals surface area (Å²) in [7, 11) is 0. The highest BCUT2D eigenvalue weighted by Crippen LogP contribution is 2.37. The molecule has 2 saturated heterocycles. The highest BCUT2D eigenvalue weighted by atomic mass is 16.5. The third-order valence-electron chi connectivity index (χ3n) is 5.75. The molecule has 0 spiro atoms. The molecule has 0 radical (unpaired) electrons. The molecule has 5 nitrogen and oxygen atoms in total. The highest BCUT2D eigenvalue weighted by Gasteiger charge is 2.45. The number of amides is 1. The van der Waals surface area contributed by atoms with Crippen molar-refractivity contribution >= 4 is 5.91 Å². The first kappa shape index (κ1) is 18.1. The first-order chi connectivity index (χ1) is 13.3. The van der Waals surface area contributed by atoms with E-state index in [2.05, 4.69) is 17.1 Å². The average molecular weight is 366 g/mol. The minimum Gasteiger partial charge on any atom is -0.381 e. The predicted octanol–water partition coefficient (Wildman–Crippen LogP) is 2.95. The fraction of sp³-hybridized carbons (Fsp3) is 0.455. The number of pyridine rings is 1. The molecule has 1 atom stereocenters. The Morgan fingerprint density at radius 2 is 1.89 bits per heavy atom. The molecule has 1 aromatic heterocycles. The van der Waals surface area contributed by atoms with Crippen LogP contribution in [0.3, 0.4) is 0 Å². The van der Waals surface area contributed by atoms with Gasteiger partial charge in [-0.2, -0.15) is 0 Å². The maximum absolute atomic E-state index is 13.5. The second kappa shape index (κ2) is 8.19. The summed E-state index contributed by atoms with van der Waals surface area (Å²) in [6, 6.07) is 14.1. The molecule has 4 rings (SSSR count). The van der Waals surface area contributed by atoms with E-state index in [4.69, 9.17) is 9.47 Å². The number of hydrogen-bond acceptors (Lipinski definition) is 4. The monoisotopic (exact) mass is 366 g/mol. The Hall–Kier alpha value is -2.24. The minimum atomic E-state index is -0.459. The lowest BCUT2D eigenvalue weighted by atomic mass is 9.73. The predicted molar refractivity (Wildman–Crippen MR) is 102 cm³/mol. The van der Waals surface area contributed by atoms with Gasteiger partial charge in [-0.15, -0.1) is 0 Å². The molecule has 1 amide bonds. The SMILES string of the molecule is O=C(N1CCC(OCc2ccncc2)C1)C1(c2ccccc2)CCOCC1. The first-order valence-corrected chi connectivity index (χ1v) is 9.71. The molecule has 27 heavy (non-hydrogen) atoms. The van der Waals surface area contributed by atoms with Crippen LogP contribution >= 0.6 is 0 Å². The number of nitrogens with zero attached hydrogens (tertiary/aromatic N) is 2. The molecule has 2 aliphatic heterocycles. The van der Waals surface area contributed by atoms with Crippen LogP contribution in [0.5, 0.6) is 0 Å². The number of benzene rings is 1. The van der Waals surface area contributed by atoms with Crippen LogP contribution in [0.15, 0.2) is 54.9 Å². The molecule has 2 aromatic rings. The number of ether oxygens (including phenoxy) is 2. The largest absolute Gasteiger partial charge is 0.381 e. The lowest BCUT2D eigenvalue weighted by molar-refractivity contribution is -0.140. The van der Waals surface area contributed by atoms with Crippen molar-refractivity contribution in [1.29, 1.82) is 0 Å². The van der Waals surface area contributed by atoms with Crippen LogP contribution < -0.4 is 0 Å². The van der Waals surface area contributed by atoms with E-state index < -0.39 is 5.41 Å². The molecule has 5 heteroatoms. The van der Waals surface area contributed by atoms with Crippen molar-refractivity contribution in [2.75, 3.05) is 26.3 Å². The Bertz CT molecular complexity index is 745. The summed E-state index contributed by atoms with van der Waals surface area (Å²) in [4.78, 5) is 19.6. The van der Waals surface area contributed by atoms with Crippen molar-refractivity contribution in [1.82, 2.24) is 9.88 Å². The molecular formula is C22H26N2O3. The lowest BCUT2D eigenvalue weighted by Crippen LogP contribution is -2.49. The van der Waals surface area contributed by atoms with Gasteiger partial charge in [0.15, 0.2) is 0 Å². The Kier molecular flexibility index (Phi) is 5.50. The van der Waals surface area contributed by atoms with Gasteiger partial charge in [0.25, 0.3) is 0 Å². The summed E-state index contributed by atoms with van der Waals surface area (Å²) in [6.07, 6.45) is 6.02. The van der Waals surface area contributed by atoms with Crippen LogP contribution in [-0.4, -0.2) is 48.2 Å². The Morgan fingerprint density at radius 1 is 1.15 bits per heavy atom. The van der Waals surface area contributed by atoms with E-state index in [-0.39, 0.29) is 12.0 Å².